The molecule has 4 aliphatic rings. The van der Waals surface area contributed by atoms with Gasteiger partial charge in [-0.1, -0.05) is 12.0 Å². The zero-order chi connectivity index (χ0) is 38.8. The standard InChI is InChI=1S/C39H38F6N6O4/c1-3-26-28(41)8-5-21-15-25(52)16-27(29(21)26)32-31(42)33-30(35(46-32)54-4-2)34(50-17-23-6-7-24(18-50)51(23)36(53)39(43,44)45)48-37(47-33)55-20-38(11-12-38)19-49-13-9-22(40)10-14-49/h1,5,8,15-16,22-24,52H,4,6-7,9-14,17-20H2,2H3/t23-,24+. The maximum atomic E-state index is 17.3. The third kappa shape index (κ3) is 6.81. The monoisotopic (exact) mass is 768 g/mol. The average molecular weight is 769 g/mol. The second-order valence-electron chi connectivity index (χ2n) is 15.0. The molecule has 290 valence electrons. The van der Waals surface area contributed by atoms with Crippen LogP contribution in [-0.2, 0) is 4.79 Å². The number of hydrogen-bond acceptors (Lipinski definition) is 9. The van der Waals surface area contributed by atoms with Crippen molar-refractivity contribution in [2.45, 2.75) is 69.9 Å². The number of piperidine rings is 1. The number of carbonyl (C=O) groups is 1. The fraction of sp³-hybridized carbons (Fsp3) is 0.487. The Morgan fingerprint density at radius 2 is 1.73 bits per heavy atom. The molecule has 1 aliphatic carbocycles. The van der Waals surface area contributed by atoms with E-state index in [1.807, 2.05) is 0 Å². The number of likely N-dealkylation sites (tertiary alicyclic amines) is 1. The number of amides is 1. The first-order valence-electron chi connectivity index (χ1n) is 18.4. The van der Waals surface area contributed by atoms with Crippen molar-refractivity contribution in [2.24, 2.45) is 5.41 Å². The van der Waals surface area contributed by atoms with Crippen LogP contribution in [0, 0.1) is 29.4 Å². The van der Waals surface area contributed by atoms with Crippen LogP contribution in [0.15, 0.2) is 24.3 Å². The molecule has 1 saturated carbocycles. The highest BCUT2D eigenvalue weighted by molar-refractivity contribution is 6.04. The fourth-order valence-electron chi connectivity index (χ4n) is 8.40. The first-order chi connectivity index (χ1) is 26.3. The van der Waals surface area contributed by atoms with Crippen molar-refractivity contribution in [1.82, 2.24) is 24.8 Å². The van der Waals surface area contributed by atoms with E-state index in [2.05, 4.69) is 20.8 Å². The van der Waals surface area contributed by atoms with Gasteiger partial charge in [0.2, 0.25) is 5.88 Å². The maximum Gasteiger partial charge on any atom is 0.471 e. The number of halogens is 6. The quantitative estimate of drug-likeness (QED) is 0.150. The lowest BCUT2D eigenvalue weighted by Gasteiger charge is -2.42. The molecule has 16 heteroatoms. The number of piperazine rings is 1. The van der Waals surface area contributed by atoms with E-state index in [9.17, 15) is 27.5 Å². The summed E-state index contributed by atoms with van der Waals surface area (Å²) in [5.41, 5.74) is -1.10. The highest BCUT2D eigenvalue weighted by Gasteiger charge is 2.52. The van der Waals surface area contributed by atoms with Crippen LogP contribution < -0.4 is 14.4 Å². The SMILES string of the molecule is C#Cc1c(F)ccc2cc(O)cc(-c3nc(OCC)c4c(N5C[C@H]6CC[C@@H](C5)N6C(=O)C(F)(F)F)nc(OCC5(CN6CCC(F)CC6)CC5)nc4c3F)c12. The van der Waals surface area contributed by atoms with E-state index in [4.69, 9.17) is 20.9 Å². The summed E-state index contributed by atoms with van der Waals surface area (Å²) in [6.45, 7) is 3.74. The molecule has 1 amide bonds. The van der Waals surface area contributed by atoms with E-state index < -0.39 is 42.0 Å². The predicted octanol–water partition coefficient (Wildman–Crippen LogP) is 6.54. The molecule has 0 radical (unpaired) electrons. The van der Waals surface area contributed by atoms with E-state index in [0.29, 0.717) is 50.7 Å². The van der Waals surface area contributed by atoms with Crippen molar-refractivity contribution < 1.29 is 45.7 Å². The van der Waals surface area contributed by atoms with Crippen LogP contribution in [0.1, 0.15) is 51.0 Å². The Kier molecular flexibility index (Phi) is 9.34. The van der Waals surface area contributed by atoms with E-state index >= 15 is 8.78 Å². The van der Waals surface area contributed by atoms with Crippen LogP contribution in [-0.4, -0.2) is 106 Å². The van der Waals surface area contributed by atoms with Crippen LogP contribution in [0.25, 0.3) is 32.9 Å². The summed E-state index contributed by atoms with van der Waals surface area (Å²) in [6, 6.07) is 3.32. The van der Waals surface area contributed by atoms with E-state index in [1.54, 1.807) is 11.8 Å². The number of aromatic nitrogens is 3. The van der Waals surface area contributed by atoms with E-state index in [-0.39, 0.29) is 88.3 Å². The van der Waals surface area contributed by atoms with E-state index in [0.717, 1.165) is 23.8 Å². The fourth-order valence-corrected chi connectivity index (χ4v) is 8.40. The van der Waals surface area contributed by atoms with Crippen molar-refractivity contribution in [3.8, 4) is 41.2 Å². The van der Waals surface area contributed by atoms with Crippen molar-refractivity contribution in [2.75, 3.05) is 50.8 Å². The van der Waals surface area contributed by atoms with Gasteiger partial charge in [0.25, 0.3) is 0 Å². The summed E-state index contributed by atoms with van der Waals surface area (Å²) in [7, 11) is 0. The number of terminal acetylenes is 1. The van der Waals surface area contributed by atoms with Gasteiger partial charge in [-0.2, -0.15) is 23.1 Å². The number of hydrogen-bond donors (Lipinski definition) is 1. The summed E-state index contributed by atoms with van der Waals surface area (Å²) >= 11 is 0. The Bertz CT molecular complexity index is 2200. The molecule has 3 saturated heterocycles. The van der Waals surface area contributed by atoms with Gasteiger partial charge in [0.05, 0.1) is 30.9 Å². The summed E-state index contributed by atoms with van der Waals surface area (Å²) in [5, 5.41) is 11.2. The van der Waals surface area contributed by atoms with Gasteiger partial charge in [0.1, 0.15) is 40.2 Å². The van der Waals surface area contributed by atoms with Crippen molar-refractivity contribution in [3.05, 3.63) is 41.5 Å². The Morgan fingerprint density at radius 1 is 1.02 bits per heavy atom. The second-order valence-corrected chi connectivity index (χ2v) is 15.0. The Morgan fingerprint density at radius 3 is 2.36 bits per heavy atom. The van der Waals surface area contributed by atoms with Gasteiger partial charge in [-0.15, -0.1) is 6.42 Å². The number of phenolic OH excluding ortho intramolecular Hbond substituents is 1. The summed E-state index contributed by atoms with van der Waals surface area (Å²) in [5.74, 6) is -1.61. The molecular formula is C39H38F6N6O4. The minimum atomic E-state index is -5.05. The lowest BCUT2D eigenvalue weighted by molar-refractivity contribution is -0.188. The van der Waals surface area contributed by atoms with Gasteiger partial charge in [0.15, 0.2) is 5.82 Å². The lowest BCUT2D eigenvalue weighted by atomic mass is 9.95. The van der Waals surface area contributed by atoms with Gasteiger partial charge < -0.3 is 29.3 Å². The summed E-state index contributed by atoms with van der Waals surface area (Å²) in [6.07, 6.45) is 3.10. The van der Waals surface area contributed by atoms with Gasteiger partial charge in [0, 0.05) is 49.1 Å². The molecule has 4 aromatic rings. The zero-order valence-electron chi connectivity index (χ0n) is 29.9. The minimum Gasteiger partial charge on any atom is -0.508 e. The van der Waals surface area contributed by atoms with Crippen molar-refractivity contribution in [1.29, 1.82) is 0 Å². The molecular weight excluding hydrogens is 730 g/mol. The Hall–Kier alpha value is -5.04. The molecule has 2 aromatic heterocycles. The van der Waals surface area contributed by atoms with Gasteiger partial charge in [-0.05, 0) is 69.0 Å². The highest BCUT2D eigenvalue weighted by atomic mass is 19.4. The van der Waals surface area contributed by atoms with Crippen LogP contribution >= 0.6 is 0 Å². The normalized spacial score (nSPS) is 21.3. The van der Waals surface area contributed by atoms with Crippen LogP contribution in [0.5, 0.6) is 17.6 Å². The molecule has 3 aliphatic heterocycles. The van der Waals surface area contributed by atoms with E-state index in [1.165, 1.54) is 18.2 Å². The summed E-state index contributed by atoms with van der Waals surface area (Å²) < 4.78 is 99.2. The second kappa shape index (κ2) is 13.9. The van der Waals surface area contributed by atoms with Crippen molar-refractivity contribution >= 4 is 33.4 Å². The molecule has 8 rings (SSSR count). The third-order valence-corrected chi connectivity index (χ3v) is 11.2. The maximum absolute atomic E-state index is 17.3. The molecule has 55 heavy (non-hydrogen) atoms. The lowest BCUT2D eigenvalue weighted by Crippen LogP contribution is -2.59. The van der Waals surface area contributed by atoms with Crippen LogP contribution in [0.4, 0.5) is 32.2 Å². The molecule has 5 heterocycles. The number of aromatic hydroxyl groups is 1. The molecule has 2 atom stereocenters. The number of ether oxygens (including phenoxy) is 2. The molecule has 0 unspecified atom stereocenters. The number of phenols is 1. The summed E-state index contributed by atoms with van der Waals surface area (Å²) in [4.78, 5) is 31.0. The van der Waals surface area contributed by atoms with Gasteiger partial charge in [-0.25, -0.2) is 18.2 Å². The molecule has 10 nitrogen and oxygen atoms in total. The first-order valence-corrected chi connectivity index (χ1v) is 18.4. The number of rotatable bonds is 9. The van der Waals surface area contributed by atoms with Gasteiger partial charge in [-0.3, -0.25) is 4.79 Å². The number of benzene rings is 2. The topological polar surface area (TPSA) is 104 Å². The van der Waals surface area contributed by atoms with Crippen LogP contribution in [0.2, 0.25) is 0 Å². The highest BCUT2D eigenvalue weighted by Crippen LogP contribution is 2.48. The van der Waals surface area contributed by atoms with Crippen LogP contribution in [0.3, 0.4) is 0 Å². The molecule has 4 fully saturated rings. The molecule has 1 N–H and O–H groups in total. The smallest absolute Gasteiger partial charge is 0.471 e. The number of carbonyl (C=O) groups excluding carboxylic acids is 1. The predicted molar refractivity (Wildman–Crippen MR) is 191 cm³/mol. The zero-order valence-corrected chi connectivity index (χ0v) is 29.9. The number of nitrogens with zero attached hydrogens (tertiary/aromatic N) is 6. The average Bonchev–Trinajstić information content (AvgIpc) is 3.87. The Balaban J connectivity index is 1.26. The van der Waals surface area contributed by atoms with Gasteiger partial charge >= 0.3 is 18.1 Å². The van der Waals surface area contributed by atoms with Crippen molar-refractivity contribution in [3.63, 3.8) is 0 Å². The Labute approximate surface area is 312 Å². The number of pyridine rings is 1. The largest absolute Gasteiger partial charge is 0.508 e. The molecule has 2 aromatic carbocycles. The third-order valence-electron chi connectivity index (χ3n) is 11.2. The number of fused-ring (bicyclic) bond motifs is 4. The number of alkyl halides is 4. The molecule has 0 spiro atoms. The first kappa shape index (κ1) is 36.9. The number of anilines is 1. The molecule has 2 bridgehead atoms. The minimum absolute atomic E-state index is 0.0217.